The first-order chi connectivity index (χ1) is 11.5. The van der Waals surface area contributed by atoms with Crippen molar-refractivity contribution in [3.8, 4) is 0 Å². The molecule has 3 N–H and O–H groups in total. The molecule has 0 atom stereocenters. The summed E-state index contributed by atoms with van der Waals surface area (Å²) in [5.74, 6) is -0.735. The van der Waals surface area contributed by atoms with Crippen LogP contribution in [-0.4, -0.2) is 37.5 Å². The Morgan fingerprint density at radius 1 is 1.38 bits per heavy atom. The van der Waals surface area contributed by atoms with E-state index in [9.17, 15) is 9.59 Å². The third-order valence-corrected chi connectivity index (χ3v) is 5.20. The zero-order chi connectivity index (χ0) is 17.7. The highest BCUT2D eigenvalue weighted by Gasteiger charge is 2.27. The Morgan fingerprint density at radius 2 is 2.12 bits per heavy atom. The maximum Gasteiger partial charge on any atom is 0.341 e. The van der Waals surface area contributed by atoms with Gasteiger partial charge in [0.1, 0.15) is 5.00 Å². The van der Waals surface area contributed by atoms with E-state index in [0.29, 0.717) is 34.1 Å². The number of hydrogen-bond donors (Lipinski definition) is 2. The van der Waals surface area contributed by atoms with Gasteiger partial charge >= 0.3 is 5.97 Å². The normalized spacial score (nSPS) is 10.8. The molecule has 0 aliphatic rings. The highest BCUT2D eigenvalue weighted by atomic mass is 32.1. The number of carbonyl (C=O) groups excluding carboxylic acids is 2. The van der Waals surface area contributed by atoms with Gasteiger partial charge in [0.25, 0.3) is 5.91 Å². The van der Waals surface area contributed by atoms with Gasteiger partial charge < -0.3 is 15.8 Å². The molecule has 0 aliphatic carbocycles. The van der Waals surface area contributed by atoms with Crippen molar-refractivity contribution < 1.29 is 14.3 Å². The van der Waals surface area contributed by atoms with E-state index in [0.717, 1.165) is 11.3 Å². The Kier molecular flexibility index (Phi) is 6.36. The quantitative estimate of drug-likeness (QED) is 0.735. The topological polar surface area (TPSA) is 84.7 Å². The molecule has 0 saturated heterocycles. The van der Waals surface area contributed by atoms with E-state index in [4.69, 9.17) is 10.5 Å². The Labute approximate surface area is 149 Å². The highest BCUT2D eigenvalue weighted by Crippen LogP contribution is 2.33. The number of rotatable bonds is 7. The number of nitrogens with two attached hydrogens (primary N) is 1. The summed E-state index contributed by atoms with van der Waals surface area (Å²) in [5, 5.41) is 7.00. The second-order valence-electron chi connectivity index (χ2n) is 5.25. The Balaban J connectivity index is 2.33. The molecule has 1 amide bonds. The predicted octanol–water partition coefficient (Wildman–Crippen LogP) is 2.56. The summed E-state index contributed by atoms with van der Waals surface area (Å²) in [6, 6.07) is 2.05. The molecule has 0 fully saturated rings. The molecular formula is C16H21N3O3S2. The third kappa shape index (κ3) is 4.14. The second-order valence-corrected chi connectivity index (χ2v) is 7.08. The molecule has 2 aromatic rings. The molecule has 0 unspecified atom stereocenters. The number of amides is 1. The second kappa shape index (κ2) is 8.27. The first-order valence-electron chi connectivity index (χ1n) is 7.47. The van der Waals surface area contributed by atoms with E-state index in [1.54, 1.807) is 25.3 Å². The summed E-state index contributed by atoms with van der Waals surface area (Å²) in [6.45, 7) is 3.14. The zero-order valence-corrected chi connectivity index (χ0v) is 15.6. The number of nitrogen functional groups attached to an aromatic ring is 1. The van der Waals surface area contributed by atoms with Crippen molar-refractivity contribution in [2.75, 3.05) is 26.4 Å². The van der Waals surface area contributed by atoms with Crippen LogP contribution in [0.25, 0.3) is 0 Å². The van der Waals surface area contributed by atoms with Crippen molar-refractivity contribution in [2.45, 2.75) is 20.0 Å². The molecule has 0 radical (unpaired) electrons. The standard InChI is InChI=1S/C16H21N3O3S2/c1-4-22-16(21)12-11(13(15(20)18-2)24-14(12)17)8-19(3)7-10-5-6-23-9-10/h5-6,9H,4,7-8,17H2,1-3H3,(H,18,20). The van der Waals surface area contributed by atoms with Gasteiger partial charge in [-0.1, -0.05) is 0 Å². The fourth-order valence-electron chi connectivity index (χ4n) is 2.38. The molecule has 0 aromatic carbocycles. The molecule has 0 saturated carbocycles. The maximum absolute atomic E-state index is 12.3. The first-order valence-corrected chi connectivity index (χ1v) is 9.23. The van der Waals surface area contributed by atoms with Gasteiger partial charge in [0.15, 0.2) is 0 Å². The van der Waals surface area contributed by atoms with Crippen molar-refractivity contribution in [3.05, 3.63) is 38.4 Å². The van der Waals surface area contributed by atoms with E-state index in [-0.39, 0.29) is 12.5 Å². The number of nitrogens with one attached hydrogen (secondary N) is 1. The van der Waals surface area contributed by atoms with Crippen LogP contribution >= 0.6 is 22.7 Å². The molecule has 0 bridgehead atoms. The van der Waals surface area contributed by atoms with Crippen molar-refractivity contribution in [1.29, 1.82) is 0 Å². The van der Waals surface area contributed by atoms with Gasteiger partial charge in [-0.2, -0.15) is 11.3 Å². The minimum Gasteiger partial charge on any atom is -0.462 e. The molecule has 24 heavy (non-hydrogen) atoms. The number of esters is 1. The van der Waals surface area contributed by atoms with Crippen LogP contribution in [0.4, 0.5) is 5.00 Å². The van der Waals surface area contributed by atoms with Crippen molar-refractivity contribution in [2.24, 2.45) is 0 Å². The monoisotopic (exact) mass is 367 g/mol. The van der Waals surface area contributed by atoms with Crippen LogP contribution in [0.2, 0.25) is 0 Å². The third-order valence-electron chi connectivity index (χ3n) is 3.41. The number of ether oxygens (including phenoxy) is 1. The fraction of sp³-hybridized carbons (Fsp3) is 0.375. The number of hydrogen-bond acceptors (Lipinski definition) is 7. The summed E-state index contributed by atoms with van der Waals surface area (Å²) in [7, 11) is 3.50. The van der Waals surface area contributed by atoms with Gasteiger partial charge in [0.05, 0.1) is 17.0 Å². The Bertz CT molecular complexity index is 710. The molecule has 2 rings (SSSR count). The number of thiophene rings is 2. The maximum atomic E-state index is 12.3. The number of carbonyl (C=O) groups is 2. The van der Waals surface area contributed by atoms with Crippen molar-refractivity contribution in [3.63, 3.8) is 0 Å². The van der Waals surface area contributed by atoms with E-state index in [1.807, 2.05) is 17.3 Å². The van der Waals surface area contributed by atoms with E-state index in [1.165, 1.54) is 5.56 Å². The van der Waals surface area contributed by atoms with Gasteiger partial charge in [-0.3, -0.25) is 9.69 Å². The lowest BCUT2D eigenvalue weighted by Gasteiger charge is -2.17. The van der Waals surface area contributed by atoms with Gasteiger partial charge in [-0.05, 0) is 36.4 Å². The van der Waals surface area contributed by atoms with Crippen molar-refractivity contribution >= 4 is 39.6 Å². The van der Waals surface area contributed by atoms with Crippen LogP contribution in [0.1, 0.15) is 38.1 Å². The number of nitrogens with zero attached hydrogens (tertiary/aromatic N) is 1. The van der Waals surface area contributed by atoms with Gasteiger partial charge in [0.2, 0.25) is 0 Å². The van der Waals surface area contributed by atoms with Gasteiger partial charge in [-0.15, -0.1) is 11.3 Å². The largest absolute Gasteiger partial charge is 0.462 e. The molecule has 130 valence electrons. The molecule has 0 spiro atoms. The van der Waals surface area contributed by atoms with Crippen LogP contribution < -0.4 is 11.1 Å². The average Bonchev–Trinajstić information content (AvgIpc) is 3.14. The zero-order valence-electron chi connectivity index (χ0n) is 13.9. The summed E-state index contributed by atoms with van der Waals surface area (Å²) < 4.78 is 5.10. The summed E-state index contributed by atoms with van der Waals surface area (Å²) in [6.07, 6.45) is 0. The fourth-order valence-corrected chi connectivity index (χ4v) is 4.05. The SMILES string of the molecule is CCOC(=O)c1c(N)sc(C(=O)NC)c1CN(C)Cc1ccsc1. The summed E-state index contributed by atoms with van der Waals surface area (Å²) in [4.78, 5) is 26.9. The molecule has 2 aromatic heterocycles. The number of anilines is 1. The van der Waals surface area contributed by atoms with Gasteiger partial charge in [0, 0.05) is 25.7 Å². The smallest absolute Gasteiger partial charge is 0.341 e. The van der Waals surface area contributed by atoms with E-state index in [2.05, 4.69) is 16.8 Å². The predicted molar refractivity (Wildman–Crippen MR) is 97.6 cm³/mol. The lowest BCUT2D eigenvalue weighted by atomic mass is 10.1. The average molecular weight is 367 g/mol. The molecular weight excluding hydrogens is 346 g/mol. The van der Waals surface area contributed by atoms with Crippen molar-refractivity contribution in [1.82, 2.24) is 10.2 Å². The summed E-state index contributed by atoms with van der Waals surface area (Å²) in [5.41, 5.74) is 8.11. The minimum absolute atomic E-state index is 0.249. The lowest BCUT2D eigenvalue weighted by Crippen LogP contribution is -2.23. The Morgan fingerprint density at radius 3 is 2.71 bits per heavy atom. The molecule has 6 nitrogen and oxygen atoms in total. The van der Waals surface area contributed by atoms with Crippen LogP contribution in [0, 0.1) is 0 Å². The molecule has 2 heterocycles. The molecule has 8 heteroatoms. The molecule has 0 aliphatic heterocycles. The van der Waals surface area contributed by atoms with E-state index < -0.39 is 5.97 Å². The Hall–Kier alpha value is -1.90. The van der Waals surface area contributed by atoms with Crippen LogP contribution in [0.3, 0.4) is 0 Å². The lowest BCUT2D eigenvalue weighted by molar-refractivity contribution is 0.0526. The van der Waals surface area contributed by atoms with Crippen LogP contribution in [0.5, 0.6) is 0 Å². The minimum atomic E-state index is -0.486. The van der Waals surface area contributed by atoms with Crippen LogP contribution in [-0.2, 0) is 17.8 Å². The van der Waals surface area contributed by atoms with Crippen LogP contribution in [0.15, 0.2) is 16.8 Å². The van der Waals surface area contributed by atoms with Gasteiger partial charge in [-0.25, -0.2) is 4.79 Å². The van der Waals surface area contributed by atoms with E-state index >= 15 is 0 Å². The first kappa shape index (κ1) is 18.4. The summed E-state index contributed by atoms with van der Waals surface area (Å²) >= 11 is 2.75. The highest BCUT2D eigenvalue weighted by molar-refractivity contribution is 7.18.